The molecular formula is C19H26N6O2. The van der Waals surface area contributed by atoms with Gasteiger partial charge in [0.15, 0.2) is 0 Å². The normalized spacial score (nSPS) is 16.8. The van der Waals surface area contributed by atoms with E-state index in [2.05, 4.69) is 30.5 Å². The van der Waals surface area contributed by atoms with E-state index in [4.69, 9.17) is 0 Å². The van der Waals surface area contributed by atoms with Gasteiger partial charge >= 0.3 is 0 Å². The molecular weight excluding hydrogens is 344 g/mol. The molecule has 8 nitrogen and oxygen atoms in total. The molecule has 0 aliphatic carbocycles. The lowest BCUT2D eigenvalue weighted by molar-refractivity contribution is -0.116. The largest absolute Gasteiger partial charge is 0.396 e. The van der Waals surface area contributed by atoms with Gasteiger partial charge in [-0.3, -0.25) is 4.79 Å². The van der Waals surface area contributed by atoms with Crippen LogP contribution < -0.4 is 15.5 Å². The van der Waals surface area contributed by atoms with E-state index in [1.807, 2.05) is 19.1 Å². The van der Waals surface area contributed by atoms with Gasteiger partial charge in [-0.1, -0.05) is 6.07 Å². The lowest BCUT2D eigenvalue weighted by Crippen LogP contribution is -2.37. The van der Waals surface area contributed by atoms with Crippen molar-refractivity contribution in [1.82, 2.24) is 15.0 Å². The summed E-state index contributed by atoms with van der Waals surface area (Å²) < 4.78 is 0. The zero-order valence-corrected chi connectivity index (χ0v) is 15.6. The molecule has 1 saturated heterocycles. The van der Waals surface area contributed by atoms with E-state index >= 15 is 0 Å². The van der Waals surface area contributed by atoms with Crippen LogP contribution >= 0.6 is 0 Å². The van der Waals surface area contributed by atoms with Crippen LogP contribution in [-0.4, -0.2) is 52.2 Å². The van der Waals surface area contributed by atoms with Crippen LogP contribution in [0.1, 0.15) is 24.8 Å². The van der Waals surface area contributed by atoms with E-state index in [9.17, 15) is 9.90 Å². The highest BCUT2D eigenvalue weighted by atomic mass is 16.3. The molecule has 0 aromatic carbocycles. The Morgan fingerprint density at radius 2 is 2.19 bits per heavy atom. The van der Waals surface area contributed by atoms with Crippen LogP contribution in [0.25, 0.3) is 0 Å². The Kier molecular flexibility index (Phi) is 6.54. The van der Waals surface area contributed by atoms with Crippen molar-refractivity contribution >= 4 is 23.4 Å². The molecule has 3 heterocycles. The fourth-order valence-electron chi connectivity index (χ4n) is 3.09. The van der Waals surface area contributed by atoms with Gasteiger partial charge in [0.2, 0.25) is 5.91 Å². The first-order chi connectivity index (χ1) is 13.1. The Labute approximate surface area is 159 Å². The zero-order valence-electron chi connectivity index (χ0n) is 15.6. The zero-order chi connectivity index (χ0) is 19.1. The van der Waals surface area contributed by atoms with Crippen molar-refractivity contribution < 1.29 is 9.90 Å². The highest BCUT2D eigenvalue weighted by molar-refractivity contribution is 5.90. The van der Waals surface area contributed by atoms with Crippen molar-refractivity contribution in [2.24, 2.45) is 5.92 Å². The Bertz CT molecular complexity index is 752. The first-order valence-corrected chi connectivity index (χ1v) is 9.28. The second kappa shape index (κ2) is 9.27. The topological polar surface area (TPSA) is 103 Å². The van der Waals surface area contributed by atoms with Gasteiger partial charge in [0.05, 0.1) is 0 Å². The van der Waals surface area contributed by atoms with E-state index in [0.29, 0.717) is 30.5 Å². The Morgan fingerprint density at radius 1 is 1.30 bits per heavy atom. The second-order valence-corrected chi connectivity index (χ2v) is 6.84. The minimum absolute atomic E-state index is 0.102. The fourth-order valence-corrected chi connectivity index (χ4v) is 3.09. The van der Waals surface area contributed by atoms with Crippen LogP contribution in [-0.2, 0) is 4.79 Å². The number of aromatic nitrogens is 3. The molecule has 0 spiro atoms. The molecule has 1 atom stereocenters. The van der Waals surface area contributed by atoms with Gasteiger partial charge in [0.1, 0.15) is 23.8 Å². The molecule has 0 bridgehead atoms. The van der Waals surface area contributed by atoms with Gasteiger partial charge in [-0.25, -0.2) is 15.0 Å². The first kappa shape index (κ1) is 19.0. The van der Waals surface area contributed by atoms with E-state index in [1.54, 1.807) is 12.3 Å². The minimum atomic E-state index is -0.102. The first-order valence-electron chi connectivity index (χ1n) is 9.28. The number of amides is 1. The number of carbonyl (C=O) groups excluding carboxylic acids is 1. The maximum atomic E-state index is 12.0. The number of hydrogen-bond acceptors (Lipinski definition) is 7. The summed E-state index contributed by atoms with van der Waals surface area (Å²) in [6.45, 7) is 4.36. The molecule has 0 saturated carbocycles. The van der Waals surface area contributed by atoms with Gasteiger partial charge < -0.3 is 20.6 Å². The Morgan fingerprint density at radius 3 is 2.96 bits per heavy atom. The Balaban J connectivity index is 1.48. The van der Waals surface area contributed by atoms with E-state index in [0.717, 1.165) is 37.3 Å². The lowest BCUT2D eigenvalue weighted by atomic mass is 9.99. The van der Waals surface area contributed by atoms with Crippen LogP contribution in [0.5, 0.6) is 0 Å². The third kappa shape index (κ3) is 5.62. The van der Waals surface area contributed by atoms with Crippen molar-refractivity contribution in [2.45, 2.75) is 26.2 Å². The predicted molar refractivity (Wildman–Crippen MR) is 105 cm³/mol. The molecule has 3 rings (SSSR count). The number of aliphatic hydroxyl groups is 1. The maximum Gasteiger partial charge on any atom is 0.227 e. The molecule has 1 unspecified atom stereocenters. The molecule has 1 aliphatic rings. The SMILES string of the molecule is Cc1ccc(NC(=O)CCNc2cc(N3CCCC(CO)C3)ncn2)nc1. The number of nitrogens with zero attached hydrogens (tertiary/aromatic N) is 4. The quantitative estimate of drug-likeness (QED) is 0.683. The highest BCUT2D eigenvalue weighted by Crippen LogP contribution is 2.22. The third-order valence-electron chi connectivity index (χ3n) is 4.59. The number of carbonyl (C=O) groups is 1. The van der Waals surface area contributed by atoms with Crippen molar-refractivity contribution in [1.29, 1.82) is 0 Å². The lowest BCUT2D eigenvalue weighted by Gasteiger charge is -2.32. The molecule has 27 heavy (non-hydrogen) atoms. The molecule has 8 heteroatoms. The number of nitrogens with one attached hydrogen (secondary N) is 2. The van der Waals surface area contributed by atoms with Crippen molar-refractivity contribution in [3.05, 3.63) is 36.3 Å². The molecule has 2 aromatic heterocycles. The van der Waals surface area contributed by atoms with Crippen LogP contribution in [0.15, 0.2) is 30.7 Å². The average Bonchev–Trinajstić information content (AvgIpc) is 2.70. The Hall–Kier alpha value is -2.74. The smallest absolute Gasteiger partial charge is 0.227 e. The summed E-state index contributed by atoms with van der Waals surface area (Å²) >= 11 is 0. The third-order valence-corrected chi connectivity index (χ3v) is 4.59. The molecule has 3 N–H and O–H groups in total. The number of aliphatic hydroxyl groups excluding tert-OH is 1. The molecule has 1 aliphatic heterocycles. The molecule has 1 amide bonds. The predicted octanol–water partition coefficient (Wildman–Crippen LogP) is 1.83. The fraction of sp³-hybridized carbons (Fsp3) is 0.474. The van der Waals surface area contributed by atoms with Crippen molar-refractivity contribution in [3.63, 3.8) is 0 Å². The maximum absolute atomic E-state index is 12.0. The summed E-state index contributed by atoms with van der Waals surface area (Å²) in [6, 6.07) is 5.58. The monoisotopic (exact) mass is 370 g/mol. The van der Waals surface area contributed by atoms with Gasteiger partial charge in [0, 0.05) is 44.9 Å². The number of pyridine rings is 1. The molecule has 0 radical (unpaired) electrons. The van der Waals surface area contributed by atoms with Crippen LogP contribution in [0.3, 0.4) is 0 Å². The number of piperidine rings is 1. The van der Waals surface area contributed by atoms with Gasteiger partial charge in [-0.15, -0.1) is 0 Å². The summed E-state index contributed by atoms with van der Waals surface area (Å²) in [7, 11) is 0. The number of hydrogen-bond donors (Lipinski definition) is 3. The number of rotatable bonds is 7. The second-order valence-electron chi connectivity index (χ2n) is 6.84. The molecule has 2 aromatic rings. The molecule has 1 fully saturated rings. The summed E-state index contributed by atoms with van der Waals surface area (Å²) in [5.41, 5.74) is 1.05. The summed E-state index contributed by atoms with van der Waals surface area (Å²) in [4.78, 5) is 26.9. The molecule has 144 valence electrons. The summed E-state index contributed by atoms with van der Waals surface area (Å²) in [6.07, 6.45) is 5.65. The van der Waals surface area contributed by atoms with E-state index < -0.39 is 0 Å². The van der Waals surface area contributed by atoms with E-state index in [-0.39, 0.29) is 12.5 Å². The summed E-state index contributed by atoms with van der Waals surface area (Å²) in [5.74, 6) is 2.28. The van der Waals surface area contributed by atoms with Crippen LogP contribution in [0.4, 0.5) is 17.5 Å². The van der Waals surface area contributed by atoms with E-state index in [1.165, 1.54) is 6.33 Å². The number of aryl methyl sites for hydroxylation is 1. The van der Waals surface area contributed by atoms with Crippen LogP contribution in [0.2, 0.25) is 0 Å². The van der Waals surface area contributed by atoms with Crippen molar-refractivity contribution in [3.8, 4) is 0 Å². The summed E-state index contributed by atoms with van der Waals surface area (Å²) in [5, 5.41) is 15.3. The van der Waals surface area contributed by atoms with Gasteiger partial charge in [-0.05, 0) is 37.3 Å². The average molecular weight is 370 g/mol. The van der Waals surface area contributed by atoms with Crippen LogP contribution in [0, 0.1) is 12.8 Å². The minimum Gasteiger partial charge on any atom is -0.396 e. The van der Waals surface area contributed by atoms with Crippen molar-refractivity contribution in [2.75, 3.05) is 41.8 Å². The highest BCUT2D eigenvalue weighted by Gasteiger charge is 2.20. The van der Waals surface area contributed by atoms with Gasteiger partial charge in [-0.2, -0.15) is 0 Å². The standard InChI is InChI=1S/C19H26N6O2/c1-14-4-5-16(21-10-14)24-19(27)6-7-20-17-9-18(23-13-22-17)25-8-2-3-15(11-25)12-26/h4-5,9-10,13,15,26H,2-3,6-8,11-12H2,1H3,(H,20,22,23)(H,21,24,27). The van der Waals surface area contributed by atoms with Gasteiger partial charge in [0.25, 0.3) is 0 Å². The number of anilines is 3.